The molecule has 170 valence electrons. The van der Waals surface area contributed by atoms with Gasteiger partial charge in [0.1, 0.15) is 11.5 Å². The number of carbonyl (C=O) groups excluding carboxylic acids is 1. The second kappa shape index (κ2) is 11.9. The Bertz CT molecular complexity index is 1050. The van der Waals surface area contributed by atoms with Crippen molar-refractivity contribution in [1.82, 2.24) is 4.57 Å². The first-order valence-corrected chi connectivity index (χ1v) is 11.9. The average Bonchev–Trinajstić information content (AvgIpc) is 2.96. The number of carbonyl (C=O) groups is 1. The maximum atomic E-state index is 12.6. The number of thiazole rings is 1. The second-order valence-corrected chi connectivity index (χ2v) is 8.84. The van der Waals surface area contributed by atoms with Gasteiger partial charge >= 0.3 is 0 Å². The first-order valence-electron chi connectivity index (χ1n) is 11.0. The third-order valence-electron chi connectivity index (χ3n) is 5.59. The summed E-state index contributed by atoms with van der Waals surface area (Å²) < 4.78 is 7.86. The minimum absolute atomic E-state index is 0. The average molecular weight is 472 g/mol. The number of anilines is 1. The zero-order valence-electron chi connectivity index (χ0n) is 18.3. The van der Waals surface area contributed by atoms with Gasteiger partial charge in [0.2, 0.25) is 5.91 Å². The van der Waals surface area contributed by atoms with Gasteiger partial charge in [0.15, 0.2) is 4.80 Å². The highest BCUT2D eigenvalue weighted by atomic mass is 35.5. The van der Waals surface area contributed by atoms with Gasteiger partial charge in [-0.15, -0.1) is 23.7 Å². The molecule has 0 bridgehead atoms. The highest BCUT2D eigenvalue weighted by Gasteiger charge is 2.13. The van der Waals surface area contributed by atoms with Crippen LogP contribution in [-0.4, -0.2) is 16.5 Å². The van der Waals surface area contributed by atoms with E-state index in [1.165, 1.54) is 38.5 Å². The number of para-hydroxylation sites is 1. The molecular formula is C25H30ClN3O2S. The number of nitrogens with zero attached hydrogens (tertiary/aromatic N) is 2. The molecule has 1 N–H and O–H groups in total. The minimum atomic E-state index is -0.0360. The lowest BCUT2D eigenvalue weighted by Crippen LogP contribution is -2.21. The smallest absolute Gasteiger partial charge is 0.230 e. The Morgan fingerprint density at radius 3 is 2.38 bits per heavy atom. The molecule has 1 aliphatic carbocycles. The van der Waals surface area contributed by atoms with E-state index in [0.29, 0.717) is 12.5 Å². The first-order chi connectivity index (χ1) is 15.2. The summed E-state index contributed by atoms with van der Waals surface area (Å²) in [5, 5.41) is 5.02. The van der Waals surface area contributed by atoms with E-state index in [0.717, 1.165) is 27.7 Å². The van der Waals surface area contributed by atoms with Crippen LogP contribution in [0, 0.1) is 0 Å². The second-order valence-electron chi connectivity index (χ2n) is 8.01. The summed E-state index contributed by atoms with van der Waals surface area (Å²) in [5.41, 5.74) is 1.74. The highest BCUT2D eigenvalue weighted by molar-refractivity contribution is 7.07. The molecule has 0 atom stereocenters. The van der Waals surface area contributed by atoms with E-state index < -0.39 is 0 Å². The van der Waals surface area contributed by atoms with Gasteiger partial charge in [0.25, 0.3) is 0 Å². The quantitative estimate of drug-likeness (QED) is 0.441. The van der Waals surface area contributed by atoms with Crippen LogP contribution in [0.25, 0.3) is 0 Å². The number of hydrogen-bond acceptors (Lipinski definition) is 4. The van der Waals surface area contributed by atoms with Crippen LogP contribution in [0.3, 0.4) is 0 Å². The van der Waals surface area contributed by atoms with Crippen molar-refractivity contribution in [3.8, 4) is 11.5 Å². The van der Waals surface area contributed by atoms with Crippen LogP contribution in [0.4, 0.5) is 5.69 Å². The Hall–Kier alpha value is -2.57. The van der Waals surface area contributed by atoms with Crippen molar-refractivity contribution in [3.63, 3.8) is 0 Å². The van der Waals surface area contributed by atoms with Crippen molar-refractivity contribution in [2.24, 2.45) is 12.0 Å². The molecule has 1 saturated carbocycles. The van der Waals surface area contributed by atoms with E-state index in [1.807, 2.05) is 67.0 Å². The summed E-state index contributed by atoms with van der Waals surface area (Å²) in [7, 11) is 2.00. The predicted molar refractivity (Wildman–Crippen MR) is 133 cm³/mol. The van der Waals surface area contributed by atoms with Gasteiger partial charge in [0.05, 0.1) is 12.5 Å². The van der Waals surface area contributed by atoms with Crippen molar-refractivity contribution in [2.75, 3.05) is 5.32 Å². The third kappa shape index (κ3) is 6.71. The maximum Gasteiger partial charge on any atom is 0.230 e. The number of aromatic nitrogens is 1. The van der Waals surface area contributed by atoms with Gasteiger partial charge in [-0.1, -0.05) is 43.9 Å². The molecule has 5 nitrogen and oxygen atoms in total. The molecule has 1 fully saturated rings. The zero-order chi connectivity index (χ0) is 21.5. The first kappa shape index (κ1) is 24.1. The Morgan fingerprint density at radius 1 is 1.03 bits per heavy atom. The van der Waals surface area contributed by atoms with E-state index in [1.54, 1.807) is 11.3 Å². The Labute approximate surface area is 199 Å². The molecule has 32 heavy (non-hydrogen) atoms. The third-order valence-corrected chi connectivity index (χ3v) is 6.57. The monoisotopic (exact) mass is 471 g/mol. The zero-order valence-corrected chi connectivity index (χ0v) is 20.0. The minimum Gasteiger partial charge on any atom is -0.457 e. The Morgan fingerprint density at radius 2 is 1.69 bits per heavy atom. The molecule has 0 spiro atoms. The molecule has 0 unspecified atom stereocenters. The van der Waals surface area contributed by atoms with Gasteiger partial charge in [-0.05, 0) is 49.2 Å². The summed E-state index contributed by atoms with van der Waals surface area (Å²) in [6.45, 7) is 0. The summed E-state index contributed by atoms with van der Waals surface area (Å²) in [4.78, 5) is 18.6. The Kier molecular flexibility index (Phi) is 8.94. The lowest BCUT2D eigenvalue weighted by Gasteiger charge is -2.09. The number of amides is 1. The van der Waals surface area contributed by atoms with Crippen LogP contribution in [0.1, 0.15) is 44.2 Å². The van der Waals surface area contributed by atoms with E-state index in [-0.39, 0.29) is 18.3 Å². The largest absolute Gasteiger partial charge is 0.457 e. The van der Waals surface area contributed by atoms with Crippen LogP contribution >= 0.6 is 23.7 Å². The highest BCUT2D eigenvalue weighted by Crippen LogP contribution is 2.23. The molecule has 0 radical (unpaired) electrons. The van der Waals surface area contributed by atoms with Crippen molar-refractivity contribution in [3.05, 3.63) is 70.5 Å². The van der Waals surface area contributed by atoms with Crippen LogP contribution in [0.2, 0.25) is 0 Å². The van der Waals surface area contributed by atoms with Crippen molar-refractivity contribution in [1.29, 1.82) is 0 Å². The fourth-order valence-corrected chi connectivity index (χ4v) is 4.79. The molecule has 2 aromatic carbocycles. The lowest BCUT2D eigenvalue weighted by molar-refractivity contribution is -0.115. The molecule has 1 heterocycles. The number of benzene rings is 2. The van der Waals surface area contributed by atoms with Gasteiger partial charge in [-0.2, -0.15) is 0 Å². The van der Waals surface area contributed by atoms with Crippen LogP contribution in [0.15, 0.2) is 65.0 Å². The summed E-state index contributed by atoms with van der Waals surface area (Å²) in [6.07, 6.45) is 7.88. The standard InChI is InChI=1S/C25H29N3O2S.ClH/c1-28-21(18-31-25(28)27-19-9-5-2-3-6-10-19)17-24(29)26-20-13-15-23(16-14-20)30-22-11-7-4-8-12-22;/h4,7-8,11-16,18-19H,2-3,5-6,9-10,17H2,1H3,(H,26,29);1H. The molecule has 0 aliphatic heterocycles. The molecule has 1 aromatic heterocycles. The topological polar surface area (TPSA) is 55.6 Å². The molecule has 3 aromatic rings. The maximum absolute atomic E-state index is 12.6. The van der Waals surface area contributed by atoms with Crippen molar-refractivity contribution < 1.29 is 9.53 Å². The van der Waals surface area contributed by atoms with Gasteiger partial charge in [0, 0.05) is 23.8 Å². The molecule has 1 amide bonds. The Balaban J connectivity index is 0.00000289. The SMILES string of the molecule is Cl.Cn1c(CC(=O)Nc2ccc(Oc3ccccc3)cc2)csc1=NC1CCCCCC1. The molecule has 4 rings (SSSR count). The number of halogens is 1. The van der Waals surface area contributed by atoms with E-state index >= 15 is 0 Å². The fourth-order valence-electron chi connectivity index (χ4n) is 3.82. The summed E-state index contributed by atoms with van der Waals surface area (Å²) in [5.74, 6) is 1.48. The van der Waals surface area contributed by atoms with Gasteiger partial charge in [-0.25, -0.2) is 0 Å². The van der Waals surface area contributed by atoms with Crippen molar-refractivity contribution >= 4 is 35.3 Å². The van der Waals surface area contributed by atoms with Crippen LogP contribution in [0.5, 0.6) is 11.5 Å². The van der Waals surface area contributed by atoms with Crippen LogP contribution < -0.4 is 14.9 Å². The number of hydrogen-bond donors (Lipinski definition) is 1. The molecule has 7 heteroatoms. The molecule has 0 saturated heterocycles. The van der Waals surface area contributed by atoms with E-state index in [2.05, 4.69) is 9.88 Å². The van der Waals surface area contributed by atoms with Gasteiger partial charge < -0.3 is 14.6 Å². The van der Waals surface area contributed by atoms with E-state index in [9.17, 15) is 4.79 Å². The fraction of sp³-hybridized carbons (Fsp3) is 0.360. The van der Waals surface area contributed by atoms with Crippen LogP contribution in [-0.2, 0) is 18.3 Å². The van der Waals surface area contributed by atoms with Gasteiger partial charge in [-0.3, -0.25) is 9.79 Å². The van der Waals surface area contributed by atoms with Crippen molar-refractivity contribution in [2.45, 2.75) is 51.0 Å². The molecule has 1 aliphatic rings. The summed E-state index contributed by atoms with van der Waals surface area (Å²) in [6, 6.07) is 17.5. The molecular weight excluding hydrogens is 442 g/mol. The normalized spacial score (nSPS) is 15.0. The number of nitrogens with one attached hydrogen (secondary N) is 1. The predicted octanol–water partition coefficient (Wildman–Crippen LogP) is 6.11. The lowest BCUT2D eigenvalue weighted by atomic mass is 10.1. The number of rotatable bonds is 6. The van der Waals surface area contributed by atoms with E-state index in [4.69, 9.17) is 9.73 Å². The summed E-state index contributed by atoms with van der Waals surface area (Å²) >= 11 is 1.63. The number of ether oxygens (including phenoxy) is 1.